The second kappa shape index (κ2) is 11.4. The van der Waals surface area contributed by atoms with Gasteiger partial charge in [-0.1, -0.05) is 6.92 Å². The second-order valence-electron chi connectivity index (χ2n) is 7.12. The molecule has 8 nitrogen and oxygen atoms in total. The minimum atomic E-state index is -0.643. The molecule has 0 aliphatic carbocycles. The molecule has 8 heteroatoms. The van der Waals surface area contributed by atoms with E-state index in [9.17, 15) is 14.4 Å². The van der Waals surface area contributed by atoms with Gasteiger partial charge in [0.1, 0.15) is 18.4 Å². The Kier molecular flexibility index (Phi) is 8.92. The summed E-state index contributed by atoms with van der Waals surface area (Å²) in [6, 6.07) is 6.11. The molecule has 1 heterocycles. The Hall–Kier alpha value is -2.61. The summed E-state index contributed by atoms with van der Waals surface area (Å²) >= 11 is 0. The van der Waals surface area contributed by atoms with Crippen LogP contribution in [-0.4, -0.2) is 69.1 Å². The molecule has 2 N–H and O–H groups in total. The van der Waals surface area contributed by atoms with Crippen LogP contribution in [-0.2, 0) is 14.3 Å². The maximum atomic E-state index is 12.7. The number of hydrogen-bond donors (Lipinski definition) is 2. The Morgan fingerprint density at radius 1 is 1.14 bits per heavy atom. The quantitative estimate of drug-likeness (QED) is 0.644. The van der Waals surface area contributed by atoms with Crippen molar-refractivity contribution in [3.05, 3.63) is 29.8 Å². The van der Waals surface area contributed by atoms with Gasteiger partial charge in [-0.2, -0.15) is 0 Å². The van der Waals surface area contributed by atoms with E-state index >= 15 is 0 Å². The van der Waals surface area contributed by atoms with E-state index < -0.39 is 6.04 Å². The monoisotopic (exact) mass is 405 g/mol. The van der Waals surface area contributed by atoms with E-state index in [4.69, 9.17) is 9.47 Å². The van der Waals surface area contributed by atoms with Crippen LogP contribution in [0.3, 0.4) is 0 Å². The Morgan fingerprint density at radius 3 is 2.34 bits per heavy atom. The zero-order chi connectivity index (χ0) is 21.2. The highest BCUT2D eigenvalue weighted by molar-refractivity contribution is 5.97. The average molecular weight is 405 g/mol. The molecule has 1 atom stereocenters. The highest BCUT2D eigenvalue weighted by atomic mass is 16.5. The van der Waals surface area contributed by atoms with Crippen molar-refractivity contribution in [2.24, 2.45) is 5.92 Å². The van der Waals surface area contributed by atoms with E-state index in [1.54, 1.807) is 36.3 Å². The van der Waals surface area contributed by atoms with Crippen LogP contribution in [0, 0.1) is 5.92 Å². The normalized spacial score (nSPS) is 15.5. The molecule has 0 saturated carbocycles. The van der Waals surface area contributed by atoms with Gasteiger partial charge in [-0.25, -0.2) is 0 Å². The second-order valence-corrected chi connectivity index (χ2v) is 7.12. The third kappa shape index (κ3) is 6.45. The molecule has 1 aliphatic heterocycles. The van der Waals surface area contributed by atoms with Crippen molar-refractivity contribution in [1.82, 2.24) is 15.5 Å². The van der Waals surface area contributed by atoms with E-state index in [0.29, 0.717) is 43.8 Å². The van der Waals surface area contributed by atoms with E-state index in [0.717, 1.165) is 6.42 Å². The lowest BCUT2D eigenvalue weighted by molar-refractivity contribution is -0.136. The first-order valence-corrected chi connectivity index (χ1v) is 9.99. The van der Waals surface area contributed by atoms with Gasteiger partial charge in [0.15, 0.2) is 0 Å². The summed E-state index contributed by atoms with van der Waals surface area (Å²) in [6.45, 7) is 3.68. The molecule has 0 aromatic heterocycles. The molecular weight excluding hydrogens is 374 g/mol. The minimum Gasteiger partial charge on any atom is -0.497 e. The van der Waals surface area contributed by atoms with Crippen LogP contribution in [0.2, 0.25) is 0 Å². The highest BCUT2D eigenvalue weighted by Crippen LogP contribution is 2.22. The zero-order valence-corrected chi connectivity index (χ0v) is 17.4. The van der Waals surface area contributed by atoms with Crippen molar-refractivity contribution in [2.75, 3.05) is 40.5 Å². The van der Waals surface area contributed by atoms with Crippen molar-refractivity contribution in [3.63, 3.8) is 0 Å². The SMILES string of the molecule is CCCNC(=O)[C@@H](NC(=O)c1ccc(OC)cc1)C1CCN(C(=O)COC)CC1. The number of nitrogens with zero attached hydrogens (tertiary/aromatic N) is 1. The predicted octanol–water partition coefficient (Wildman–Crippen LogP) is 1.20. The van der Waals surface area contributed by atoms with Gasteiger partial charge in [-0.3, -0.25) is 14.4 Å². The number of rotatable bonds is 9. The number of carbonyl (C=O) groups is 3. The Morgan fingerprint density at radius 2 is 1.79 bits per heavy atom. The van der Waals surface area contributed by atoms with Crippen molar-refractivity contribution in [1.29, 1.82) is 0 Å². The van der Waals surface area contributed by atoms with Crippen LogP contribution >= 0.6 is 0 Å². The number of piperidine rings is 1. The first-order chi connectivity index (χ1) is 14.0. The van der Waals surface area contributed by atoms with Crippen LogP contribution in [0.25, 0.3) is 0 Å². The van der Waals surface area contributed by atoms with Gasteiger partial charge < -0.3 is 25.0 Å². The zero-order valence-electron chi connectivity index (χ0n) is 17.4. The first-order valence-electron chi connectivity index (χ1n) is 9.99. The van der Waals surface area contributed by atoms with Crippen LogP contribution in [0.15, 0.2) is 24.3 Å². The molecule has 1 aliphatic rings. The molecule has 1 aromatic carbocycles. The van der Waals surface area contributed by atoms with Crippen molar-refractivity contribution in [2.45, 2.75) is 32.2 Å². The van der Waals surface area contributed by atoms with Gasteiger partial charge in [-0.15, -0.1) is 0 Å². The van der Waals surface area contributed by atoms with Crippen LogP contribution < -0.4 is 15.4 Å². The fourth-order valence-electron chi connectivity index (χ4n) is 3.42. The molecule has 0 unspecified atom stereocenters. The molecule has 0 bridgehead atoms. The topological polar surface area (TPSA) is 97.0 Å². The highest BCUT2D eigenvalue weighted by Gasteiger charge is 2.33. The Balaban J connectivity index is 2.05. The fraction of sp³-hybridized carbons (Fsp3) is 0.571. The Labute approximate surface area is 171 Å². The van der Waals surface area contributed by atoms with Crippen LogP contribution in [0.1, 0.15) is 36.5 Å². The number of nitrogens with one attached hydrogen (secondary N) is 2. The van der Waals surface area contributed by atoms with Gasteiger partial charge in [-0.05, 0) is 49.4 Å². The van der Waals surface area contributed by atoms with E-state index in [2.05, 4.69) is 10.6 Å². The van der Waals surface area contributed by atoms with Crippen LogP contribution in [0.5, 0.6) is 5.75 Å². The van der Waals surface area contributed by atoms with E-state index in [-0.39, 0.29) is 30.2 Å². The van der Waals surface area contributed by atoms with Crippen molar-refractivity contribution < 1.29 is 23.9 Å². The molecular formula is C21H31N3O5. The van der Waals surface area contributed by atoms with E-state index in [1.807, 2.05) is 6.92 Å². The molecule has 2 rings (SSSR count). The third-order valence-electron chi connectivity index (χ3n) is 5.10. The summed E-state index contributed by atoms with van der Waals surface area (Å²) in [6.07, 6.45) is 2.10. The molecule has 160 valence electrons. The smallest absolute Gasteiger partial charge is 0.251 e. The van der Waals surface area contributed by atoms with Gasteiger partial charge in [0.05, 0.1) is 7.11 Å². The maximum Gasteiger partial charge on any atom is 0.251 e. The lowest BCUT2D eigenvalue weighted by atomic mass is 9.88. The number of ether oxygens (including phenoxy) is 2. The van der Waals surface area contributed by atoms with Crippen molar-refractivity contribution >= 4 is 17.7 Å². The largest absolute Gasteiger partial charge is 0.497 e. The number of amides is 3. The summed E-state index contributed by atoms with van der Waals surface area (Å²) in [7, 11) is 3.06. The number of hydrogen-bond acceptors (Lipinski definition) is 5. The first kappa shape index (κ1) is 22.7. The van der Waals surface area contributed by atoms with Gasteiger partial charge in [0.25, 0.3) is 5.91 Å². The lowest BCUT2D eigenvalue weighted by Gasteiger charge is -2.35. The minimum absolute atomic E-state index is 0.0411. The average Bonchev–Trinajstić information content (AvgIpc) is 2.76. The molecule has 0 spiro atoms. The number of likely N-dealkylation sites (tertiary alicyclic amines) is 1. The molecule has 3 amide bonds. The Bertz CT molecular complexity index is 684. The molecule has 1 saturated heterocycles. The number of benzene rings is 1. The summed E-state index contributed by atoms with van der Waals surface area (Å²) in [5.74, 6) is 0.0744. The summed E-state index contributed by atoms with van der Waals surface area (Å²) in [5.41, 5.74) is 0.465. The van der Waals surface area contributed by atoms with Crippen molar-refractivity contribution in [3.8, 4) is 5.75 Å². The summed E-state index contributed by atoms with van der Waals surface area (Å²) in [4.78, 5) is 39.2. The number of methoxy groups -OCH3 is 2. The van der Waals surface area contributed by atoms with E-state index in [1.165, 1.54) is 7.11 Å². The summed E-state index contributed by atoms with van der Waals surface area (Å²) in [5, 5.41) is 5.78. The number of carbonyl (C=O) groups excluding carboxylic acids is 3. The molecule has 0 radical (unpaired) electrons. The molecule has 1 aromatic rings. The van der Waals surface area contributed by atoms with Gasteiger partial charge in [0.2, 0.25) is 11.8 Å². The lowest BCUT2D eigenvalue weighted by Crippen LogP contribution is -2.54. The molecule has 29 heavy (non-hydrogen) atoms. The predicted molar refractivity (Wildman–Crippen MR) is 109 cm³/mol. The fourth-order valence-corrected chi connectivity index (χ4v) is 3.42. The van der Waals surface area contributed by atoms with Crippen LogP contribution in [0.4, 0.5) is 0 Å². The summed E-state index contributed by atoms with van der Waals surface area (Å²) < 4.78 is 10.0. The maximum absolute atomic E-state index is 12.7. The van der Waals surface area contributed by atoms with Gasteiger partial charge >= 0.3 is 0 Å². The molecule has 1 fully saturated rings. The van der Waals surface area contributed by atoms with Gasteiger partial charge in [0, 0.05) is 32.3 Å². The third-order valence-corrected chi connectivity index (χ3v) is 5.10. The standard InChI is InChI=1S/C21H31N3O5/c1-4-11-22-21(27)19(15-9-12-24(13-10-15)18(25)14-28-2)23-20(26)16-5-7-17(29-3)8-6-16/h5-8,15,19H,4,9-14H2,1-3H3,(H,22,27)(H,23,26)/t19-/m0/s1.